The number of imidazole rings is 1. The van der Waals surface area contributed by atoms with E-state index >= 15 is 0 Å². The van der Waals surface area contributed by atoms with Crippen molar-refractivity contribution in [1.82, 2.24) is 19.6 Å². The number of nitrogens with one attached hydrogen (secondary N) is 1. The average molecular weight is 307 g/mol. The van der Waals surface area contributed by atoms with E-state index in [2.05, 4.69) is 17.2 Å². The average Bonchev–Trinajstić information content (AvgIpc) is 3.00. The largest absolute Gasteiger partial charge is 0.341 e. The first-order chi connectivity index (χ1) is 10.1. The van der Waals surface area contributed by atoms with Crippen LogP contribution in [0.2, 0.25) is 5.15 Å². The molecule has 2 aromatic rings. The summed E-state index contributed by atoms with van der Waals surface area (Å²) in [7, 11) is 0. The number of halogens is 1. The zero-order valence-corrected chi connectivity index (χ0v) is 12.8. The second kappa shape index (κ2) is 6.03. The highest BCUT2D eigenvalue weighted by atomic mass is 35.5. The zero-order valence-electron chi connectivity index (χ0n) is 12.1. The fourth-order valence-corrected chi connectivity index (χ4v) is 2.98. The van der Waals surface area contributed by atoms with Gasteiger partial charge in [0, 0.05) is 38.3 Å². The van der Waals surface area contributed by atoms with Crippen LogP contribution in [0.4, 0.5) is 0 Å². The first kappa shape index (κ1) is 14.4. The lowest BCUT2D eigenvalue weighted by molar-refractivity contribution is -0.127. The Morgan fingerprint density at radius 1 is 1.48 bits per heavy atom. The summed E-state index contributed by atoms with van der Waals surface area (Å²) in [5.41, 5.74) is 1.80. The second-order valence-corrected chi connectivity index (χ2v) is 5.86. The Balaban J connectivity index is 1.63. The molecule has 0 saturated carbocycles. The lowest BCUT2D eigenvalue weighted by Crippen LogP contribution is -2.39. The summed E-state index contributed by atoms with van der Waals surface area (Å²) in [5.74, 6) is 0.261. The van der Waals surface area contributed by atoms with Crippen molar-refractivity contribution in [3.05, 3.63) is 35.2 Å². The quantitative estimate of drug-likeness (QED) is 0.920. The van der Waals surface area contributed by atoms with Gasteiger partial charge in [0.1, 0.15) is 5.65 Å². The van der Waals surface area contributed by atoms with Crippen LogP contribution in [0.1, 0.15) is 25.5 Å². The van der Waals surface area contributed by atoms with Gasteiger partial charge in [-0.2, -0.15) is 0 Å². The Labute approximate surface area is 128 Å². The van der Waals surface area contributed by atoms with E-state index in [1.54, 1.807) is 0 Å². The summed E-state index contributed by atoms with van der Waals surface area (Å²) in [6.45, 7) is 4.34. The van der Waals surface area contributed by atoms with Crippen molar-refractivity contribution in [2.45, 2.75) is 32.4 Å². The van der Waals surface area contributed by atoms with Crippen molar-refractivity contribution in [2.75, 3.05) is 13.1 Å². The van der Waals surface area contributed by atoms with E-state index in [9.17, 15) is 4.79 Å². The second-order valence-electron chi connectivity index (χ2n) is 5.50. The van der Waals surface area contributed by atoms with Crippen molar-refractivity contribution < 1.29 is 4.79 Å². The van der Waals surface area contributed by atoms with Crippen LogP contribution < -0.4 is 5.32 Å². The molecule has 3 heterocycles. The summed E-state index contributed by atoms with van der Waals surface area (Å²) in [6, 6.07) is 6.05. The first-order valence-electron chi connectivity index (χ1n) is 7.28. The predicted octanol–water partition coefficient (Wildman–Crippen LogP) is 2.09. The normalized spacial score (nSPS) is 16.9. The molecule has 1 aliphatic heterocycles. The Morgan fingerprint density at radius 3 is 3.10 bits per heavy atom. The van der Waals surface area contributed by atoms with Gasteiger partial charge in [0.15, 0.2) is 5.15 Å². The van der Waals surface area contributed by atoms with E-state index in [4.69, 9.17) is 11.6 Å². The molecule has 1 aliphatic rings. The lowest BCUT2D eigenvalue weighted by atomic mass is 10.3. The van der Waals surface area contributed by atoms with E-state index in [0.29, 0.717) is 18.1 Å². The van der Waals surface area contributed by atoms with Gasteiger partial charge >= 0.3 is 0 Å². The molecule has 112 valence electrons. The Kier molecular flexibility index (Phi) is 4.12. The summed E-state index contributed by atoms with van der Waals surface area (Å²) < 4.78 is 1.99. The topological polar surface area (TPSA) is 49.6 Å². The van der Waals surface area contributed by atoms with Gasteiger partial charge in [-0.15, -0.1) is 0 Å². The van der Waals surface area contributed by atoms with Crippen molar-refractivity contribution >= 4 is 23.2 Å². The molecular formula is C15H19ClN4O. The molecule has 1 fully saturated rings. The van der Waals surface area contributed by atoms with Gasteiger partial charge in [-0.05, 0) is 25.5 Å². The third-order valence-electron chi connectivity index (χ3n) is 3.86. The molecule has 0 radical (unpaired) electrons. The molecule has 0 bridgehead atoms. The number of hydrogen-bond acceptors (Lipinski definition) is 3. The van der Waals surface area contributed by atoms with Gasteiger partial charge in [-0.3, -0.25) is 4.79 Å². The highest BCUT2D eigenvalue weighted by Crippen LogP contribution is 2.17. The molecule has 5 nitrogen and oxygen atoms in total. The zero-order chi connectivity index (χ0) is 14.8. The van der Waals surface area contributed by atoms with Gasteiger partial charge in [-0.1, -0.05) is 17.7 Å². The number of amides is 1. The van der Waals surface area contributed by atoms with Crippen LogP contribution in [-0.4, -0.2) is 39.3 Å². The highest BCUT2D eigenvalue weighted by Gasteiger charge is 2.21. The van der Waals surface area contributed by atoms with E-state index in [0.717, 1.165) is 30.9 Å². The van der Waals surface area contributed by atoms with E-state index in [-0.39, 0.29) is 11.9 Å². The summed E-state index contributed by atoms with van der Waals surface area (Å²) in [4.78, 5) is 17.9. The third kappa shape index (κ3) is 3.04. The smallest absolute Gasteiger partial charge is 0.222 e. The minimum atomic E-state index is 0.220. The number of pyridine rings is 1. The van der Waals surface area contributed by atoms with Crippen LogP contribution in [0, 0.1) is 0 Å². The van der Waals surface area contributed by atoms with Gasteiger partial charge in [0.05, 0.1) is 5.69 Å². The summed E-state index contributed by atoms with van der Waals surface area (Å²) >= 11 is 6.21. The third-order valence-corrected chi connectivity index (χ3v) is 4.17. The number of carbonyl (C=O) groups excluding carboxylic acids is 1. The number of hydrogen-bond donors (Lipinski definition) is 1. The fourth-order valence-electron chi connectivity index (χ4n) is 2.74. The molecule has 1 N–H and O–H groups in total. The number of fused-ring (bicyclic) bond motifs is 1. The highest BCUT2D eigenvalue weighted by molar-refractivity contribution is 6.30. The molecule has 0 spiro atoms. The number of likely N-dealkylation sites (tertiary alicyclic amines) is 1. The maximum Gasteiger partial charge on any atom is 0.222 e. The molecule has 0 aliphatic carbocycles. The van der Waals surface area contributed by atoms with Gasteiger partial charge in [-0.25, -0.2) is 4.98 Å². The number of rotatable bonds is 5. The predicted molar refractivity (Wildman–Crippen MR) is 82.3 cm³/mol. The van der Waals surface area contributed by atoms with Crippen LogP contribution in [0.25, 0.3) is 5.65 Å². The van der Waals surface area contributed by atoms with Gasteiger partial charge < -0.3 is 14.6 Å². The molecule has 3 rings (SSSR count). The molecule has 6 heteroatoms. The molecule has 2 aromatic heterocycles. The van der Waals surface area contributed by atoms with Crippen LogP contribution in [0.3, 0.4) is 0 Å². The first-order valence-corrected chi connectivity index (χ1v) is 7.65. The number of carbonyl (C=O) groups is 1. The van der Waals surface area contributed by atoms with Gasteiger partial charge in [0.2, 0.25) is 5.91 Å². The monoisotopic (exact) mass is 306 g/mol. The minimum absolute atomic E-state index is 0.220. The molecule has 1 amide bonds. The summed E-state index contributed by atoms with van der Waals surface area (Å²) in [5, 5.41) is 3.95. The van der Waals surface area contributed by atoms with Crippen LogP contribution >= 0.6 is 11.6 Å². The van der Waals surface area contributed by atoms with Crippen LogP contribution in [0.15, 0.2) is 24.4 Å². The van der Waals surface area contributed by atoms with Crippen molar-refractivity contribution in [2.24, 2.45) is 0 Å². The minimum Gasteiger partial charge on any atom is -0.341 e. The van der Waals surface area contributed by atoms with E-state index in [1.807, 2.05) is 33.7 Å². The molecule has 21 heavy (non-hydrogen) atoms. The Hall–Kier alpha value is -1.59. The molecule has 1 atom stereocenters. The Morgan fingerprint density at radius 2 is 2.33 bits per heavy atom. The van der Waals surface area contributed by atoms with Crippen molar-refractivity contribution in [1.29, 1.82) is 0 Å². The Bertz CT molecular complexity index is 654. The molecule has 1 saturated heterocycles. The van der Waals surface area contributed by atoms with Crippen molar-refractivity contribution in [3.8, 4) is 0 Å². The summed E-state index contributed by atoms with van der Waals surface area (Å²) in [6.07, 6.45) is 3.62. The van der Waals surface area contributed by atoms with E-state index < -0.39 is 0 Å². The van der Waals surface area contributed by atoms with E-state index in [1.165, 1.54) is 0 Å². The fraction of sp³-hybridized carbons (Fsp3) is 0.467. The maximum atomic E-state index is 11.6. The van der Waals surface area contributed by atoms with Crippen LogP contribution in [-0.2, 0) is 11.3 Å². The lowest BCUT2D eigenvalue weighted by Gasteiger charge is -2.21. The number of aromatic nitrogens is 2. The van der Waals surface area contributed by atoms with Crippen molar-refractivity contribution in [3.63, 3.8) is 0 Å². The number of nitrogens with zero attached hydrogens (tertiary/aromatic N) is 3. The van der Waals surface area contributed by atoms with Gasteiger partial charge in [0.25, 0.3) is 0 Å². The molecular weight excluding hydrogens is 288 g/mol. The van der Waals surface area contributed by atoms with Crippen LogP contribution in [0.5, 0.6) is 0 Å². The maximum absolute atomic E-state index is 11.6. The molecule has 1 unspecified atom stereocenters. The SMILES string of the molecule is CC(CN1CCCC1=O)NCc1c(Cl)nc2ccccn12. The standard InChI is InChI=1S/C15H19ClN4O/c1-11(10-19-7-4-6-14(19)21)17-9-12-15(16)18-13-5-2-3-8-20(12)13/h2-3,5,8,11,17H,4,6-7,9-10H2,1H3. The molecule has 0 aromatic carbocycles.